The third-order valence-corrected chi connectivity index (χ3v) is 3.64. The van der Waals surface area contributed by atoms with Gasteiger partial charge < -0.3 is 0 Å². The molecule has 1 fully saturated rings. The van der Waals surface area contributed by atoms with Crippen molar-refractivity contribution in [3.8, 4) is 0 Å². The first kappa shape index (κ1) is 13.9. The molecule has 0 aromatic rings. The third-order valence-electron chi connectivity index (χ3n) is 2.84. The van der Waals surface area contributed by atoms with Crippen LogP contribution in [0.2, 0.25) is 0 Å². The van der Waals surface area contributed by atoms with Crippen LogP contribution in [0.1, 0.15) is 26.2 Å². The first-order valence-corrected chi connectivity index (χ1v) is 7.52. The largest absolute Gasteiger partial charge is 0.289 e. The zero-order chi connectivity index (χ0) is 12.0. The number of nitrogens with zero attached hydrogens (tertiary/aromatic N) is 2. The standard InChI is InChI=1S/C10H22N2O3S/c1-2-3-5-11-7-8-12(10-11)6-4-9-16(13,14)15/h2-10H2,1H3,(H,13,14,15). The van der Waals surface area contributed by atoms with Gasteiger partial charge in [-0.15, -0.1) is 0 Å². The zero-order valence-corrected chi connectivity index (χ0v) is 10.7. The maximum absolute atomic E-state index is 10.5. The van der Waals surface area contributed by atoms with E-state index in [4.69, 9.17) is 4.55 Å². The summed E-state index contributed by atoms with van der Waals surface area (Å²) in [5, 5.41) is 0. The Morgan fingerprint density at radius 3 is 2.19 bits per heavy atom. The molecule has 1 aliphatic heterocycles. The Kier molecular flexibility index (Phi) is 5.68. The van der Waals surface area contributed by atoms with Crippen molar-refractivity contribution in [3.63, 3.8) is 0 Å². The fourth-order valence-electron chi connectivity index (χ4n) is 1.92. The molecule has 0 aliphatic carbocycles. The smallest absolute Gasteiger partial charge is 0.264 e. The Balaban J connectivity index is 2.12. The Bertz CT molecular complexity index is 292. The summed E-state index contributed by atoms with van der Waals surface area (Å²) in [5.41, 5.74) is 0. The highest BCUT2D eigenvalue weighted by Gasteiger charge is 2.19. The van der Waals surface area contributed by atoms with E-state index >= 15 is 0 Å². The van der Waals surface area contributed by atoms with Crippen molar-refractivity contribution in [2.45, 2.75) is 26.2 Å². The van der Waals surface area contributed by atoms with Crippen molar-refractivity contribution in [2.24, 2.45) is 0 Å². The van der Waals surface area contributed by atoms with Crippen molar-refractivity contribution >= 4 is 10.1 Å². The maximum atomic E-state index is 10.5. The molecule has 1 saturated heterocycles. The van der Waals surface area contributed by atoms with Crippen molar-refractivity contribution in [3.05, 3.63) is 0 Å². The van der Waals surface area contributed by atoms with E-state index in [1.807, 2.05) is 0 Å². The minimum absolute atomic E-state index is 0.127. The predicted octanol–water partition coefficient (Wildman–Crippen LogP) is 0.640. The van der Waals surface area contributed by atoms with E-state index in [2.05, 4.69) is 16.7 Å². The van der Waals surface area contributed by atoms with Crippen LogP contribution in [0, 0.1) is 0 Å². The number of rotatable bonds is 7. The van der Waals surface area contributed by atoms with Crippen LogP contribution in [0.3, 0.4) is 0 Å². The SMILES string of the molecule is CCCCN1CCN(CCCS(=O)(=O)O)C1. The van der Waals surface area contributed by atoms with Gasteiger partial charge in [0.2, 0.25) is 0 Å². The van der Waals surface area contributed by atoms with Crippen LogP contribution in [-0.4, -0.2) is 61.4 Å². The van der Waals surface area contributed by atoms with Gasteiger partial charge in [0.15, 0.2) is 0 Å². The summed E-state index contributed by atoms with van der Waals surface area (Å²) in [6.45, 7) is 7.08. The molecule has 1 aliphatic rings. The van der Waals surface area contributed by atoms with E-state index in [0.717, 1.165) is 32.8 Å². The summed E-state index contributed by atoms with van der Waals surface area (Å²) in [5.74, 6) is -0.127. The van der Waals surface area contributed by atoms with Crippen molar-refractivity contribution < 1.29 is 13.0 Å². The monoisotopic (exact) mass is 250 g/mol. The van der Waals surface area contributed by atoms with Gasteiger partial charge in [-0.25, -0.2) is 0 Å². The molecule has 96 valence electrons. The fourth-order valence-corrected chi connectivity index (χ4v) is 2.42. The lowest BCUT2D eigenvalue weighted by Gasteiger charge is -2.17. The van der Waals surface area contributed by atoms with E-state index in [1.54, 1.807) is 0 Å². The van der Waals surface area contributed by atoms with Gasteiger partial charge in [-0.1, -0.05) is 13.3 Å². The first-order chi connectivity index (χ1) is 7.51. The second kappa shape index (κ2) is 6.54. The molecule has 6 heteroatoms. The van der Waals surface area contributed by atoms with Gasteiger partial charge in [0, 0.05) is 19.6 Å². The molecule has 0 saturated carbocycles. The molecule has 1 heterocycles. The molecular weight excluding hydrogens is 228 g/mol. The van der Waals surface area contributed by atoms with Gasteiger partial charge in [0.05, 0.1) is 12.4 Å². The quantitative estimate of drug-likeness (QED) is 0.672. The predicted molar refractivity (Wildman–Crippen MR) is 64.0 cm³/mol. The molecule has 0 spiro atoms. The van der Waals surface area contributed by atoms with Crippen LogP contribution in [0.25, 0.3) is 0 Å². The van der Waals surface area contributed by atoms with Crippen LogP contribution in [0.5, 0.6) is 0 Å². The zero-order valence-electron chi connectivity index (χ0n) is 9.93. The fraction of sp³-hybridized carbons (Fsp3) is 1.00. The Morgan fingerprint density at radius 1 is 1.12 bits per heavy atom. The number of unbranched alkanes of at least 4 members (excludes halogenated alkanes) is 1. The van der Waals surface area contributed by atoms with E-state index < -0.39 is 10.1 Å². The normalized spacial score (nSPS) is 19.4. The summed E-state index contributed by atoms with van der Waals surface area (Å²) < 4.78 is 29.7. The van der Waals surface area contributed by atoms with E-state index in [1.165, 1.54) is 12.8 Å². The average Bonchev–Trinajstić information content (AvgIpc) is 2.61. The molecule has 0 amide bonds. The van der Waals surface area contributed by atoms with Crippen molar-refractivity contribution in [1.82, 2.24) is 9.80 Å². The van der Waals surface area contributed by atoms with Crippen molar-refractivity contribution in [2.75, 3.05) is 38.6 Å². The van der Waals surface area contributed by atoms with Crippen LogP contribution >= 0.6 is 0 Å². The molecular formula is C10H22N2O3S. The lowest BCUT2D eigenvalue weighted by Crippen LogP contribution is -2.27. The lowest BCUT2D eigenvalue weighted by molar-refractivity contribution is 0.243. The molecule has 0 unspecified atom stereocenters. The maximum Gasteiger partial charge on any atom is 0.264 e. The van der Waals surface area contributed by atoms with Crippen LogP contribution < -0.4 is 0 Å². The van der Waals surface area contributed by atoms with E-state index in [-0.39, 0.29) is 5.75 Å². The minimum Gasteiger partial charge on any atom is -0.289 e. The molecule has 5 nitrogen and oxygen atoms in total. The molecule has 1 N–H and O–H groups in total. The highest BCUT2D eigenvalue weighted by atomic mass is 32.2. The third kappa shape index (κ3) is 5.79. The molecule has 0 radical (unpaired) electrons. The summed E-state index contributed by atoms with van der Waals surface area (Å²) in [6.07, 6.45) is 2.94. The highest BCUT2D eigenvalue weighted by molar-refractivity contribution is 7.85. The topological polar surface area (TPSA) is 60.9 Å². The molecule has 0 bridgehead atoms. The molecule has 1 rings (SSSR count). The number of hydrogen-bond donors (Lipinski definition) is 1. The molecule has 0 aromatic carbocycles. The van der Waals surface area contributed by atoms with E-state index in [9.17, 15) is 8.42 Å². The van der Waals surface area contributed by atoms with Crippen molar-refractivity contribution in [1.29, 1.82) is 0 Å². The molecule has 0 aromatic heterocycles. The summed E-state index contributed by atoms with van der Waals surface area (Å²) in [6, 6.07) is 0. The van der Waals surface area contributed by atoms with Crippen LogP contribution in [0.4, 0.5) is 0 Å². The van der Waals surface area contributed by atoms with E-state index in [0.29, 0.717) is 6.42 Å². The van der Waals surface area contributed by atoms with Gasteiger partial charge in [0.1, 0.15) is 0 Å². The second-order valence-corrected chi connectivity index (χ2v) is 5.94. The van der Waals surface area contributed by atoms with Gasteiger partial charge in [-0.3, -0.25) is 14.4 Å². The second-order valence-electron chi connectivity index (χ2n) is 4.37. The first-order valence-electron chi connectivity index (χ1n) is 5.91. The Morgan fingerprint density at radius 2 is 1.69 bits per heavy atom. The summed E-state index contributed by atoms with van der Waals surface area (Å²) in [4.78, 5) is 4.62. The Hall–Kier alpha value is -0.170. The summed E-state index contributed by atoms with van der Waals surface area (Å²) in [7, 11) is -3.78. The lowest BCUT2D eigenvalue weighted by atomic mass is 10.3. The number of hydrogen-bond acceptors (Lipinski definition) is 4. The van der Waals surface area contributed by atoms with Gasteiger partial charge in [0.25, 0.3) is 10.1 Å². The highest BCUT2D eigenvalue weighted by Crippen LogP contribution is 2.07. The van der Waals surface area contributed by atoms with Gasteiger partial charge >= 0.3 is 0 Å². The van der Waals surface area contributed by atoms with Gasteiger partial charge in [-0.2, -0.15) is 8.42 Å². The molecule has 0 atom stereocenters. The van der Waals surface area contributed by atoms with Crippen LogP contribution in [-0.2, 0) is 10.1 Å². The van der Waals surface area contributed by atoms with Crippen LogP contribution in [0.15, 0.2) is 0 Å². The average molecular weight is 250 g/mol. The van der Waals surface area contributed by atoms with Gasteiger partial charge in [-0.05, 0) is 19.4 Å². The summed E-state index contributed by atoms with van der Waals surface area (Å²) >= 11 is 0. The molecule has 16 heavy (non-hydrogen) atoms. The Labute approximate surface area is 98.2 Å². The minimum atomic E-state index is -3.78.